The molecule has 0 radical (unpaired) electrons. The monoisotopic (exact) mass is 1010 g/mol. The Morgan fingerprint density at radius 3 is 1.36 bits per heavy atom. The van der Waals surface area contributed by atoms with Crippen molar-refractivity contribution in [1.29, 1.82) is 0 Å². The first-order valence-corrected chi connectivity index (χ1v) is 23.9. The Balaban J connectivity index is 1.33. The zero-order valence-electron chi connectivity index (χ0n) is 43.8. The summed E-state index contributed by atoms with van der Waals surface area (Å²) in [4.78, 5) is 40.1. The van der Waals surface area contributed by atoms with E-state index in [4.69, 9.17) is 18.9 Å². The van der Waals surface area contributed by atoms with Gasteiger partial charge in [0, 0.05) is 38.2 Å². The number of carbonyl (C=O) groups is 3. The van der Waals surface area contributed by atoms with Gasteiger partial charge in [-0.1, -0.05) is 201 Å². The van der Waals surface area contributed by atoms with Crippen LogP contribution in [0.2, 0.25) is 0 Å². The van der Waals surface area contributed by atoms with Gasteiger partial charge in [-0.2, -0.15) is 26.3 Å². The Labute approximate surface area is 426 Å². The van der Waals surface area contributed by atoms with Crippen LogP contribution in [0.5, 0.6) is 0 Å². The number of carbonyl (C=O) groups excluding carboxylic acids is 3. The number of alkyl halides is 6. The number of ketones is 1. The maximum Gasteiger partial charge on any atom is 0.432 e. The van der Waals surface area contributed by atoms with E-state index in [1.807, 2.05) is 147 Å². The molecule has 0 aromatic heterocycles. The topological polar surface area (TPSA) is 88.1 Å². The summed E-state index contributed by atoms with van der Waals surface area (Å²) in [6.07, 6.45) is 15.3. The Kier molecular flexibility index (Phi) is 20.0. The van der Waals surface area contributed by atoms with E-state index >= 15 is 0 Å². The van der Waals surface area contributed by atoms with Crippen LogP contribution in [0.25, 0.3) is 0 Å². The largest absolute Gasteiger partial charge is 0.459 e. The highest BCUT2D eigenvalue weighted by atomic mass is 19.4. The molecular weight excluding hydrogens is 947 g/mol. The molecule has 4 rings (SSSR count). The van der Waals surface area contributed by atoms with E-state index in [0.717, 1.165) is 59.8 Å². The summed E-state index contributed by atoms with van der Waals surface area (Å²) >= 11 is 0. The first kappa shape index (κ1) is 59.3. The molecule has 0 fully saturated rings. The summed E-state index contributed by atoms with van der Waals surface area (Å²) < 4.78 is 108. The molecule has 0 N–H and O–H groups in total. The highest BCUT2D eigenvalue weighted by molar-refractivity contribution is 6.02. The number of halogens is 6. The number of hydrogen-bond acceptors (Lipinski definition) is 7. The maximum atomic E-state index is 14.5. The number of methoxy groups -OCH3 is 2. The molecule has 4 unspecified atom stereocenters. The highest BCUT2D eigenvalue weighted by Crippen LogP contribution is 2.48. The fraction of sp³-hybridized carbons (Fsp3) is 0.383. The van der Waals surface area contributed by atoms with Crippen molar-refractivity contribution in [3.63, 3.8) is 0 Å². The molecule has 392 valence electrons. The quantitative estimate of drug-likeness (QED) is 0.0835. The van der Waals surface area contributed by atoms with Gasteiger partial charge in [-0.15, -0.1) is 0 Å². The Morgan fingerprint density at radius 2 is 0.945 bits per heavy atom. The van der Waals surface area contributed by atoms with Crippen molar-refractivity contribution in [3.05, 3.63) is 201 Å². The van der Waals surface area contributed by atoms with E-state index in [0.29, 0.717) is 17.6 Å². The number of hydrogen-bond donors (Lipinski definition) is 0. The van der Waals surface area contributed by atoms with Gasteiger partial charge in [0.1, 0.15) is 6.10 Å². The van der Waals surface area contributed by atoms with Crippen LogP contribution in [0.15, 0.2) is 190 Å². The molecule has 0 spiro atoms. The van der Waals surface area contributed by atoms with Gasteiger partial charge in [0.05, 0.1) is 0 Å². The number of benzene rings is 2. The minimum Gasteiger partial charge on any atom is -0.459 e. The van der Waals surface area contributed by atoms with E-state index in [9.17, 15) is 40.7 Å². The number of ether oxygens (including phenoxy) is 4. The zero-order valence-corrected chi connectivity index (χ0v) is 43.8. The van der Waals surface area contributed by atoms with Crippen molar-refractivity contribution in [2.24, 2.45) is 10.8 Å². The third-order valence-corrected chi connectivity index (χ3v) is 13.1. The third kappa shape index (κ3) is 14.3. The van der Waals surface area contributed by atoms with Crippen LogP contribution in [0, 0.1) is 10.8 Å². The van der Waals surface area contributed by atoms with Gasteiger partial charge in [-0.3, -0.25) is 4.79 Å². The van der Waals surface area contributed by atoms with Crippen LogP contribution >= 0.6 is 0 Å². The molecule has 73 heavy (non-hydrogen) atoms. The van der Waals surface area contributed by atoms with Crippen molar-refractivity contribution in [2.75, 3.05) is 14.2 Å². The SMILES string of the molecule is COC(C(=O)OC1CC(C)=C(/C=C/C(C)=C/C=C/C(C)=C/C=C/C=C(C)/C=C/C=C(C)/C=C/C2=C(C)C(=O)C(OC(=O)C(OC)(c3ccccc3)C(F)(F)F)CC2(C)C)C(C)(C)C1)(c1ccccc1)C(F)(F)F. The van der Waals surface area contributed by atoms with Gasteiger partial charge < -0.3 is 18.9 Å². The van der Waals surface area contributed by atoms with Crippen molar-refractivity contribution < 1.29 is 59.7 Å². The van der Waals surface area contributed by atoms with E-state index in [1.165, 1.54) is 42.5 Å². The number of rotatable bonds is 18. The second-order valence-corrected chi connectivity index (χ2v) is 19.8. The van der Waals surface area contributed by atoms with Crippen LogP contribution < -0.4 is 0 Å². The van der Waals surface area contributed by atoms with E-state index in [1.54, 1.807) is 13.0 Å². The van der Waals surface area contributed by atoms with Crippen molar-refractivity contribution in [1.82, 2.24) is 0 Å². The summed E-state index contributed by atoms with van der Waals surface area (Å²) in [5.74, 6) is -3.77. The molecule has 13 heteroatoms. The van der Waals surface area contributed by atoms with Gasteiger partial charge in [-0.25, -0.2) is 9.59 Å². The molecule has 0 heterocycles. The van der Waals surface area contributed by atoms with Crippen LogP contribution in [-0.2, 0) is 44.5 Å². The lowest BCUT2D eigenvalue weighted by atomic mass is 9.71. The average Bonchev–Trinajstić information content (AvgIpc) is 3.29. The molecule has 7 nitrogen and oxygen atoms in total. The predicted octanol–water partition coefficient (Wildman–Crippen LogP) is 15.0. The zero-order chi connectivity index (χ0) is 54.6. The average molecular weight is 1020 g/mol. The Hall–Kier alpha value is -6.31. The first-order valence-electron chi connectivity index (χ1n) is 23.9. The second-order valence-electron chi connectivity index (χ2n) is 19.8. The summed E-state index contributed by atoms with van der Waals surface area (Å²) in [6.45, 7) is 18.9. The summed E-state index contributed by atoms with van der Waals surface area (Å²) in [5, 5.41) is 0. The van der Waals surface area contributed by atoms with E-state index in [2.05, 4.69) is 0 Å². The molecule has 0 aliphatic heterocycles. The van der Waals surface area contributed by atoms with Crippen LogP contribution in [0.3, 0.4) is 0 Å². The van der Waals surface area contributed by atoms with E-state index < -0.39 is 69.9 Å². The third-order valence-electron chi connectivity index (χ3n) is 13.1. The minimum absolute atomic E-state index is 0.0251. The van der Waals surface area contributed by atoms with Gasteiger partial charge in [-0.05, 0) is 75.5 Å². The highest BCUT2D eigenvalue weighted by Gasteiger charge is 2.66. The molecule has 4 atom stereocenters. The van der Waals surface area contributed by atoms with Crippen LogP contribution in [-0.4, -0.2) is 56.5 Å². The fourth-order valence-electron chi connectivity index (χ4n) is 9.22. The molecule has 2 aliphatic rings. The van der Waals surface area contributed by atoms with Crippen molar-refractivity contribution in [3.8, 4) is 0 Å². The molecule has 2 aliphatic carbocycles. The summed E-state index contributed by atoms with van der Waals surface area (Å²) in [5.41, 5.74) is -1.88. The summed E-state index contributed by atoms with van der Waals surface area (Å²) in [7, 11) is 1.65. The minimum atomic E-state index is -5.17. The van der Waals surface area contributed by atoms with Crippen molar-refractivity contribution in [2.45, 2.75) is 124 Å². The smallest absolute Gasteiger partial charge is 0.432 e. The standard InChI is InChI=1S/C60H68F6O7/c1-40(25-21-27-42(3)33-35-49-44(5)37-48(38-55(49,7)8)72-53(68)57(70-11,59(61,62)63)46-29-15-13-16-30-46)23-19-20-24-41(2)26-22-28-43(4)34-36-50-45(6)52(67)51(39-56(50,9)10)73-54(69)58(71-12,60(64,65)66)47-31-17-14-18-32-47/h13-36,48,51H,37-39H2,1-12H3/b20-19+,25-21+,26-22+,35-33+,36-34+,40-23+,41-24+,42-27+,43-28+. The lowest BCUT2D eigenvalue weighted by Crippen LogP contribution is -2.53. The first-order chi connectivity index (χ1) is 34.1. The molecule has 2 aromatic carbocycles. The molecule has 0 saturated carbocycles. The van der Waals surface area contributed by atoms with Crippen molar-refractivity contribution >= 4 is 17.7 Å². The molecule has 0 bridgehead atoms. The number of esters is 2. The van der Waals surface area contributed by atoms with Gasteiger partial charge in [0.25, 0.3) is 11.2 Å². The molecule has 0 saturated heterocycles. The second kappa shape index (κ2) is 24.6. The summed E-state index contributed by atoms with van der Waals surface area (Å²) in [6, 6.07) is 13.3. The normalized spacial score (nSPS) is 21.5. The molecule has 0 amide bonds. The Morgan fingerprint density at radius 1 is 0.562 bits per heavy atom. The number of Topliss-reactive ketones (excluding diaryl/α,β-unsaturated/α-hetero) is 1. The molecular formula is C60H68F6O7. The lowest BCUT2D eigenvalue weighted by Gasteiger charge is -2.39. The van der Waals surface area contributed by atoms with Gasteiger partial charge in [0.2, 0.25) is 0 Å². The fourth-order valence-corrected chi connectivity index (χ4v) is 9.22. The van der Waals surface area contributed by atoms with E-state index in [-0.39, 0.29) is 18.4 Å². The lowest BCUT2D eigenvalue weighted by molar-refractivity contribution is -0.279. The van der Waals surface area contributed by atoms with Gasteiger partial charge in [0.15, 0.2) is 11.9 Å². The maximum absolute atomic E-state index is 14.5. The molecule has 2 aromatic rings. The number of allylic oxidation sites excluding steroid dienone is 20. The van der Waals surface area contributed by atoms with Gasteiger partial charge >= 0.3 is 24.3 Å². The Bertz CT molecular complexity index is 2670. The van der Waals surface area contributed by atoms with Crippen LogP contribution in [0.1, 0.15) is 99.6 Å². The van der Waals surface area contributed by atoms with Crippen LogP contribution in [0.4, 0.5) is 26.3 Å². The predicted molar refractivity (Wildman–Crippen MR) is 275 cm³/mol.